The lowest BCUT2D eigenvalue weighted by Crippen LogP contribution is -2.33. The van der Waals surface area contributed by atoms with Crippen molar-refractivity contribution in [2.24, 2.45) is 5.41 Å². The Morgan fingerprint density at radius 1 is 1.50 bits per heavy atom. The Morgan fingerprint density at radius 3 is 2.86 bits per heavy atom. The van der Waals surface area contributed by atoms with E-state index in [1.165, 1.54) is 16.4 Å². The normalized spacial score (nSPS) is 20.9. The second kappa shape index (κ2) is 4.68. The zero-order valence-corrected chi connectivity index (χ0v) is 10.3. The molecule has 78 valence electrons. The smallest absolute Gasteiger partial charge is 0.0653 e. The molecule has 0 unspecified atom stereocenters. The molecule has 5 heteroatoms. The number of aromatic nitrogens is 2. The average Bonchev–Trinajstić information content (AvgIpc) is 2.72. The topological polar surface area (TPSA) is 35.0 Å². The molecule has 1 fully saturated rings. The quantitative estimate of drug-likeness (QED) is 0.795. The molecule has 2 heterocycles. The molecule has 0 bridgehead atoms. The van der Waals surface area contributed by atoms with Crippen molar-refractivity contribution in [1.29, 1.82) is 0 Å². The molecule has 0 amide bonds. The Morgan fingerprint density at radius 2 is 2.29 bits per heavy atom. The van der Waals surface area contributed by atoms with Crippen LogP contribution in [0.25, 0.3) is 0 Å². The Balaban J connectivity index is 2.04. The lowest BCUT2D eigenvalue weighted by Gasteiger charge is -2.35. The third-order valence-corrected chi connectivity index (χ3v) is 4.64. The largest absolute Gasteiger partial charge is 0.381 e. The predicted molar refractivity (Wildman–Crippen MR) is 59.9 cm³/mol. The van der Waals surface area contributed by atoms with Crippen LogP contribution in [0.15, 0.2) is 6.20 Å². The minimum Gasteiger partial charge on any atom is -0.381 e. The van der Waals surface area contributed by atoms with Crippen LogP contribution in [-0.2, 0) is 11.2 Å². The molecule has 1 saturated heterocycles. The van der Waals surface area contributed by atoms with E-state index >= 15 is 0 Å². The first kappa shape index (κ1) is 10.5. The summed E-state index contributed by atoms with van der Waals surface area (Å²) in [6.07, 6.45) is 5.23. The summed E-state index contributed by atoms with van der Waals surface area (Å²) in [4.78, 5) is 1.28. The van der Waals surface area contributed by atoms with Crippen molar-refractivity contribution in [3.05, 3.63) is 11.1 Å². The molecule has 0 N–H and O–H groups in total. The summed E-state index contributed by atoms with van der Waals surface area (Å²) in [5.41, 5.74) is 0.368. The van der Waals surface area contributed by atoms with Crippen LogP contribution in [0.5, 0.6) is 0 Å². The zero-order chi connectivity index (χ0) is 9.86. The molecular weight excluding hydrogens is 264 g/mol. The molecule has 0 aromatic carbocycles. The number of hydrogen-bond donors (Lipinski definition) is 0. The summed E-state index contributed by atoms with van der Waals surface area (Å²) in [7, 11) is 0. The van der Waals surface area contributed by atoms with Crippen LogP contribution in [0.1, 0.15) is 17.7 Å². The first-order valence-electron chi connectivity index (χ1n) is 4.75. The van der Waals surface area contributed by atoms with Gasteiger partial charge in [0.2, 0.25) is 0 Å². The molecule has 0 saturated carbocycles. The van der Waals surface area contributed by atoms with Crippen LogP contribution in [0.2, 0.25) is 0 Å². The maximum atomic E-state index is 5.40. The molecular formula is C9H13BrN2OS. The van der Waals surface area contributed by atoms with Gasteiger partial charge in [-0.3, -0.25) is 0 Å². The van der Waals surface area contributed by atoms with E-state index in [-0.39, 0.29) is 0 Å². The van der Waals surface area contributed by atoms with E-state index in [1.807, 2.05) is 6.20 Å². The average molecular weight is 277 g/mol. The third-order valence-electron chi connectivity index (χ3n) is 2.79. The molecule has 0 radical (unpaired) electrons. The fourth-order valence-corrected chi connectivity index (χ4v) is 3.22. The molecule has 2 rings (SSSR count). The van der Waals surface area contributed by atoms with Crippen LogP contribution in [0, 0.1) is 5.41 Å². The van der Waals surface area contributed by atoms with Gasteiger partial charge < -0.3 is 4.74 Å². The highest BCUT2D eigenvalue weighted by Crippen LogP contribution is 2.36. The van der Waals surface area contributed by atoms with Gasteiger partial charge in [-0.15, -0.1) is 5.10 Å². The fourth-order valence-electron chi connectivity index (χ4n) is 1.80. The summed E-state index contributed by atoms with van der Waals surface area (Å²) < 4.78 is 9.30. The number of hydrogen-bond acceptors (Lipinski definition) is 4. The lowest BCUT2D eigenvalue weighted by molar-refractivity contribution is 0.0273. The van der Waals surface area contributed by atoms with Gasteiger partial charge in [-0.1, -0.05) is 20.4 Å². The van der Waals surface area contributed by atoms with Crippen LogP contribution in [-0.4, -0.2) is 28.1 Å². The van der Waals surface area contributed by atoms with E-state index in [1.54, 1.807) is 0 Å². The molecule has 1 aliphatic heterocycles. The predicted octanol–water partition coefficient (Wildman–Crippen LogP) is 2.27. The van der Waals surface area contributed by atoms with E-state index in [4.69, 9.17) is 4.74 Å². The minimum atomic E-state index is 0.368. The van der Waals surface area contributed by atoms with Gasteiger partial charge in [-0.25, -0.2) is 0 Å². The second-order valence-corrected chi connectivity index (χ2v) is 5.24. The van der Waals surface area contributed by atoms with Gasteiger partial charge in [-0.2, -0.15) is 0 Å². The lowest BCUT2D eigenvalue weighted by atomic mass is 9.79. The van der Waals surface area contributed by atoms with Crippen molar-refractivity contribution < 1.29 is 4.74 Å². The number of halogens is 1. The number of nitrogens with zero attached hydrogens (tertiary/aromatic N) is 2. The molecule has 1 aromatic rings. The van der Waals surface area contributed by atoms with Crippen molar-refractivity contribution in [3.63, 3.8) is 0 Å². The number of ether oxygens (including phenoxy) is 1. The van der Waals surface area contributed by atoms with Crippen molar-refractivity contribution in [2.45, 2.75) is 19.3 Å². The van der Waals surface area contributed by atoms with Gasteiger partial charge in [0, 0.05) is 23.4 Å². The first-order valence-corrected chi connectivity index (χ1v) is 6.64. The minimum absolute atomic E-state index is 0.368. The second-order valence-electron chi connectivity index (χ2n) is 3.81. The third kappa shape index (κ3) is 2.32. The van der Waals surface area contributed by atoms with Gasteiger partial charge in [0.1, 0.15) is 0 Å². The Bertz CT molecular complexity index is 272. The standard InChI is InChI=1S/C9H13BrN2OS/c10-7-9(1-3-13-4-2-9)5-8-6-11-12-14-8/h6H,1-5,7H2. The van der Waals surface area contributed by atoms with Gasteiger partial charge in [0.25, 0.3) is 0 Å². The van der Waals surface area contributed by atoms with Crippen LogP contribution in [0.3, 0.4) is 0 Å². The molecule has 0 spiro atoms. The molecule has 14 heavy (non-hydrogen) atoms. The highest BCUT2D eigenvalue weighted by atomic mass is 79.9. The molecule has 1 aromatic heterocycles. The Kier molecular flexibility index (Phi) is 3.52. The van der Waals surface area contributed by atoms with Crippen LogP contribution < -0.4 is 0 Å². The summed E-state index contributed by atoms with van der Waals surface area (Å²) in [5.74, 6) is 0. The summed E-state index contributed by atoms with van der Waals surface area (Å²) in [6, 6.07) is 0. The van der Waals surface area contributed by atoms with Crippen molar-refractivity contribution in [2.75, 3.05) is 18.5 Å². The first-order chi connectivity index (χ1) is 6.85. The van der Waals surface area contributed by atoms with Crippen molar-refractivity contribution in [3.8, 4) is 0 Å². The van der Waals surface area contributed by atoms with Crippen molar-refractivity contribution >= 4 is 27.5 Å². The number of rotatable bonds is 3. The van der Waals surface area contributed by atoms with E-state index in [0.29, 0.717) is 5.41 Å². The van der Waals surface area contributed by atoms with Gasteiger partial charge in [-0.05, 0) is 36.2 Å². The van der Waals surface area contributed by atoms with E-state index in [2.05, 4.69) is 25.5 Å². The maximum absolute atomic E-state index is 5.40. The van der Waals surface area contributed by atoms with Crippen LogP contribution >= 0.6 is 27.5 Å². The van der Waals surface area contributed by atoms with Crippen LogP contribution in [0.4, 0.5) is 0 Å². The van der Waals surface area contributed by atoms with Gasteiger partial charge >= 0.3 is 0 Å². The molecule has 0 atom stereocenters. The van der Waals surface area contributed by atoms with Crippen molar-refractivity contribution in [1.82, 2.24) is 9.59 Å². The van der Waals surface area contributed by atoms with Gasteiger partial charge in [0.05, 0.1) is 6.20 Å². The Hall–Kier alpha value is -0.0000000000000000486. The molecule has 0 aliphatic carbocycles. The monoisotopic (exact) mass is 276 g/mol. The summed E-state index contributed by atoms with van der Waals surface area (Å²) >= 11 is 5.13. The Labute approximate surface area is 96.2 Å². The SMILES string of the molecule is BrCC1(Cc2cnns2)CCOCC1. The molecule has 3 nitrogen and oxygen atoms in total. The molecule has 1 aliphatic rings. The number of alkyl halides is 1. The summed E-state index contributed by atoms with van der Waals surface area (Å²) in [6.45, 7) is 1.77. The van der Waals surface area contributed by atoms with E-state index < -0.39 is 0 Å². The zero-order valence-electron chi connectivity index (χ0n) is 7.91. The highest BCUT2D eigenvalue weighted by molar-refractivity contribution is 9.09. The summed E-state index contributed by atoms with van der Waals surface area (Å²) in [5, 5.41) is 4.92. The van der Waals surface area contributed by atoms with E-state index in [0.717, 1.165) is 37.8 Å². The van der Waals surface area contributed by atoms with Gasteiger partial charge in [0.15, 0.2) is 0 Å². The fraction of sp³-hybridized carbons (Fsp3) is 0.778. The van der Waals surface area contributed by atoms with E-state index in [9.17, 15) is 0 Å². The highest BCUT2D eigenvalue weighted by Gasteiger charge is 2.32. The maximum Gasteiger partial charge on any atom is 0.0653 e.